The number of hydrogen-bond donors (Lipinski definition) is 1. The second-order valence-corrected chi connectivity index (χ2v) is 3.21. The number of amides is 2. The fourth-order valence-electron chi connectivity index (χ4n) is 1.62. The number of carbonyl (C=O) groups is 2. The van der Waals surface area contributed by atoms with Crippen LogP contribution in [0.15, 0.2) is 18.2 Å². The summed E-state index contributed by atoms with van der Waals surface area (Å²) in [5, 5.41) is 0. The van der Waals surface area contributed by atoms with Gasteiger partial charge in [0.15, 0.2) is 0 Å². The summed E-state index contributed by atoms with van der Waals surface area (Å²) < 4.78 is 13.3. The van der Waals surface area contributed by atoms with Crippen molar-refractivity contribution >= 4 is 11.8 Å². The van der Waals surface area contributed by atoms with E-state index >= 15 is 0 Å². The van der Waals surface area contributed by atoms with Crippen LogP contribution < -0.4 is 5.73 Å². The summed E-state index contributed by atoms with van der Waals surface area (Å²) in [5.74, 6) is -1.73. The normalized spacial score (nSPS) is 14.7. The topological polar surface area (TPSA) is 63.4 Å². The number of benzene rings is 1. The molecule has 2 amide bonds. The number of rotatable bonds is 2. The van der Waals surface area contributed by atoms with Gasteiger partial charge in [-0.3, -0.25) is 14.5 Å². The Kier molecular flexibility index (Phi) is 2.24. The second kappa shape index (κ2) is 3.43. The molecule has 2 rings (SSSR count). The molecular weight excluding hydrogens is 199 g/mol. The SMILES string of the molecule is NCCN1C(=O)c2cccc(F)c2C1=O. The molecule has 0 aromatic heterocycles. The molecule has 1 heterocycles. The van der Waals surface area contributed by atoms with Crippen molar-refractivity contribution in [3.63, 3.8) is 0 Å². The van der Waals surface area contributed by atoms with Crippen LogP contribution in [-0.2, 0) is 0 Å². The van der Waals surface area contributed by atoms with E-state index in [2.05, 4.69) is 0 Å². The lowest BCUT2D eigenvalue weighted by molar-refractivity contribution is 0.0657. The Morgan fingerprint density at radius 3 is 2.60 bits per heavy atom. The van der Waals surface area contributed by atoms with Gasteiger partial charge in [-0.15, -0.1) is 0 Å². The van der Waals surface area contributed by atoms with Crippen molar-refractivity contribution in [2.45, 2.75) is 0 Å². The minimum Gasteiger partial charge on any atom is -0.329 e. The summed E-state index contributed by atoms with van der Waals surface area (Å²) in [6.45, 7) is 0.291. The first-order valence-electron chi connectivity index (χ1n) is 4.51. The Morgan fingerprint density at radius 1 is 1.27 bits per heavy atom. The van der Waals surface area contributed by atoms with E-state index < -0.39 is 17.6 Å². The van der Waals surface area contributed by atoms with Gasteiger partial charge < -0.3 is 5.73 Å². The number of imide groups is 1. The highest BCUT2D eigenvalue weighted by Crippen LogP contribution is 2.24. The molecule has 1 aromatic carbocycles. The quantitative estimate of drug-likeness (QED) is 0.714. The number of hydrogen-bond acceptors (Lipinski definition) is 3. The first-order valence-corrected chi connectivity index (χ1v) is 4.51. The van der Waals surface area contributed by atoms with Crippen LogP contribution in [0.5, 0.6) is 0 Å². The zero-order chi connectivity index (χ0) is 11.0. The molecule has 0 fully saturated rings. The third-order valence-corrected chi connectivity index (χ3v) is 2.30. The van der Waals surface area contributed by atoms with Crippen LogP contribution >= 0.6 is 0 Å². The summed E-state index contributed by atoms with van der Waals surface area (Å²) in [7, 11) is 0. The number of carbonyl (C=O) groups excluding carboxylic acids is 2. The maximum atomic E-state index is 13.3. The molecule has 1 aliphatic heterocycles. The lowest BCUT2D eigenvalue weighted by Gasteiger charge is -2.11. The third kappa shape index (κ3) is 1.32. The molecule has 15 heavy (non-hydrogen) atoms. The molecule has 5 heteroatoms. The van der Waals surface area contributed by atoms with Crippen LogP contribution in [0.4, 0.5) is 4.39 Å². The van der Waals surface area contributed by atoms with E-state index in [0.717, 1.165) is 11.0 Å². The lowest BCUT2D eigenvalue weighted by atomic mass is 10.1. The van der Waals surface area contributed by atoms with Crippen molar-refractivity contribution in [2.24, 2.45) is 5.73 Å². The van der Waals surface area contributed by atoms with Crippen LogP contribution in [-0.4, -0.2) is 29.8 Å². The Balaban J connectivity index is 2.51. The molecule has 4 nitrogen and oxygen atoms in total. The smallest absolute Gasteiger partial charge is 0.264 e. The van der Waals surface area contributed by atoms with Gasteiger partial charge in [-0.2, -0.15) is 0 Å². The van der Waals surface area contributed by atoms with Gasteiger partial charge in [0.05, 0.1) is 11.1 Å². The van der Waals surface area contributed by atoms with Crippen LogP contribution in [0.2, 0.25) is 0 Å². The van der Waals surface area contributed by atoms with E-state index in [1.165, 1.54) is 12.1 Å². The van der Waals surface area contributed by atoms with E-state index in [1.54, 1.807) is 0 Å². The highest BCUT2D eigenvalue weighted by molar-refractivity contribution is 6.21. The van der Waals surface area contributed by atoms with Gasteiger partial charge in [-0.05, 0) is 12.1 Å². The van der Waals surface area contributed by atoms with Crippen molar-refractivity contribution in [1.82, 2.24) is 4.90 Å². The van der Waals surface area contributed by atoms with Crippen LogP contribution in [0.3, 0.4) is 0 Å². The van der Waals surface area contributed by atoms with E-state index in [-0.39, 0.29) is 24.2 Å². The first kappa shape index (κ1) is 9.79. The van der Waals surface area contributed by atoms with Crippen LogP contribution in [0.1, 0.15) is 20.7 Å². The van der Waals surface area contributed by atoms with E-state index in [4.69, 9.17) is 5.73 Å². The molecule has 0 atom stereocenters. The Morgan fingerprint density at radius 2 is 2.00 bits per heavy atom. The van der Waals surface area contributed by atoms with Crippen molar-refractivity contribution < 1.29 is 14.0 Å². The van der Waals surface area contributed by atoms with Crippen molar-refractivity contribution in [2.75, 3.05) is 13.1 Å². The van der Waals surface area contributed by atoms with Gasteiger partial charge in [0.1, 0.15) is 5.82 Å². The Hall–Kier alpha value is -1.75. The molecule has 78 valence electrons. The summed E-state index contributed by atoms with van der Waals surface area (Å²) in [6.07, 6.45) is 0. The summed E-state index contributed by atoms with van der Waals surface area (Å²) in [4.78, 5) is 24.2. The first-order chi connectivity index (χ1) is 7.16. The molecule has 0 unspecified atom stereocenters. The van der Waals surface area contributed by atoms with Gasteiger partial charge in [0.25, 0.3) is 11.8 Å². The summed E-state index contributed by atoms with van der Waals surface area (Å²) in [5.41, 5.74) is 5.24. The molecule has 1 aliphatic rings. The average molecular weight is 208 g/mol. The molecule has 0 saturated heterocycles. The van der Waals surface area contributed by atoms with Crippen molar-refractivity contribution in [1.29, 1.82) is 0 Å². The molecule has 0 saturated carbocycles. The maximum Gasteiger partial charge on any atom is 0.264 e. The Bertz CT molecular complexity index is 445. The lowest BCUT2D eigenvalue weighted by Crippen LogP contribution is -2.34. The van der Waals surface area contributed by atoms with Gasteiger partial charge in [-0.1, -0.05) is 6.07 Å². The van der Waals surface area contributed by atoms with Gasteiger partial charge in [0, 0.05) is 13.1 Å². The van der Waals surface area contributed by atoms with Gasteiger partial charge in [-0.25, -0.2) is 4.39 Å². The van der Waals surface area contributed by atoms with Crippen molar-refractivity contribution in [3.05, 3.63) is 35.1 Å². The fraction of sp³-hybridized carbons (Fsp3) is 0.200. The minimum absolute atomic E-state index is 0.117. The van der Waals surface area contributed by atoms with Gasteiger partial charge in [0.2, 0.25) is 0 Å². The second-order valence-electron chi connectivity index (χ2n) is 3.21. The fourth-order valence-corrected chi connectivity index (χ4v) is 1.62. The number of halogens is 1. The molecule has 0 aliphatic carbocycles. The highest BCUT2D eigenvalue weighted by atomic mass is 19.1. The maximum absolute atomic E-state index is 13.3. The molecule has 2 N–H and O–H groups in total. The summed E-state index contributed by atoms with van der Waals surface area (Å²) >= 11 is 0. The number of fused-ring (bicyclic) bond motifs is 1. The largest absolute Gasteiger partial charge is 0.329 e. The zero-order valence-electron chi connectivity index (χ0n) is 7.87. The molecule has 0 radical (unpaired) electrons. The predicted octanol–water partition coefficient (Wildman–Crippen LogP) is 0.380. The van der Waals surface area contributed by atoms with Crippen LogP contribution in [0, 0.1) is 5.82 Å². The monoisotopic (exact) mass is 208 g/mol. The summed E-state index contributed by atoms with van der Waals surface area (Å²) in [6, 6.07) is 4.01. The molecule has 0 bridgehead atoms. The van der Waals surface area contributed by atoms with Crippen molar-refractivity contribution in [3.8, 4) is 0 Å². The molecule has 1 aromatic rings. The number of nitrogens with two attached hydrogens (primary N) is 1. The predicted molar refractivity (Wildman–Crippen MR) is 50.8 cm³/mol. The zero-order valence-corrected chi connectivity index (χ0v) is 7.87. The molecule has 0 spiro atoms. The Labute approximate surface area is 85.5 Å². The minimum atomic E-state index is -0.662. The van der Waals surface area contributed by atoms with Gasteiger partial charge >= 0.3 is 0 Å². The standard InChI is InChI=1S/C10H9FN2O2/c11-7-3-1-2-6-8(7)10(15)13(5-4-12)9(6)14/h1-3H,4-5,12H2. The highest BCUT2D eigenvalue weighted by Gasteiger charge is 2.36. The average Bonchev–Trinajstić information content (AvgIpc) is 2.45. The number of nitrogens with zero attached hydrogens (tertiary/aromatic N) is 1. The third-order valence-electron chi connectivity index (χ3n) is 2.30. The van der Waals surface area contributed by atoms with E-state index in [9.17, 15) is 14.0 Å². The van der Waals surface area contributed by atoms with E-state index in [1.807, 2.05) is 0 Å². The van der Waals surface area contributed by atoms with Crippen LogP contribution in [0.25, 0.3) is 0 Å². The molecular formula is C10H9FN2O2. The van der Waals surface area contributed by atoms with E-state index in [0.29, 0.717) is 0 Å².